The molecule has 8 nitrogen and oxygen atoms in total. The topological polar surface area (TPSA) is 85.9 Å². The van der Waals surface area contributed by atoms with Crippen LogP contribution < -0.4 is 10.2 Å². The molecule has 2 aromatic heterocycles. The summed E-state index contributed by atoms with van der Waals surface area (Å²) in [5, 5.41) is 12.7. The van der Waals surface area contributed by atoms with Gasteiger partial charge in [0.05, 0.1) is 5.69 Å². The first-order chi connectivity index (χ1) is 16.3. The van der Waals surface area contributed by atoms with Gasteiger partial charge in [-0.3, -0.25) is 0 Å². The molecule has 5 rings (SSSR count). The number of nitrogens with zero attached hydrogens (tertiary/aromatic N) is 7. The van der Waals surface area contributed by atoms with Crippen molar-refractivity contribution in [2.45, 2.75) is 69.7 Å². The van der Waals surface area contributed by atoms with Crippen LogP contribution in [-0.2, 0) is 6.54 Å². The van der Waals surface area contributed by atoms with Gasteiger partial charge in [0, 0.05) is 51.3 Å². The second-order valence-corrected chi connectivity index (χ2v) is 9.79. The Labute approximate surface area is 197 Å². The predicted molar refractivity (Wildman–Crippen MR) is 130 cm³/mol. The maximum Gasteiger partial charge on any atom is 0.152 e. The minimum absolute atomic E-state index is 0.464. The number of hydrogen-bond donors (Lipinski definition) is 1. The number of aromatic nitrogens is 4. The van der Waals surface area contributed by atoms with E-state index in [-0.39, 0.29) is 0 Å². The third kappa shape index (κ3) is 4.70. The molecule has 0 atom stereocenters. The van der Waals surface area contributed by atoms with E-state index < -0.39 is 0 Å². The van der Waals surface area contributed by atoms with Gasteiger partial charge in [-0.05, 0) is 45.2 Å². The van der Waals surface area contributed by atoms with E-state index in [1.165, 1.54) is 63.1 Å². The molecule has 1 aliphatic carbocycles. The van der Waals surface area contributed by atoms with Crippen molar-refractivity contribution in [1.82, 2.24) is 24.4 Å². The zero-order chi connectivity index (χ0) is 22.6. The molecule has 176 valence electrons. The summed E-state index contributed by atoms with van der Waals surface area (Å²) in [6, 6.07) is 2.29. The maximum absolute atomic E-state index is 9.67. The van der Waals surface area contributed by atoms with E-state index in [4.69, 9.17) is 4.98 Å². The van der Waals surface area contributed by atoms with Gasteiger partial charge in [-0.25, -0.2) is 15.0 Å². The molecule has 2 aromatic rings. The number of anilines is 2. The first kappa shape index (κ1) is 22.1. The number of nitriles is 1. The largest absolute Gasteiger partial charge is 0.372 e. The summed E-state index contributed by atoms with van der Waals surface area (Å²) >= 11 is 0. The van der Waals surface area contributed by atoms with Gasteiger partial charge in [0.15, 0.2) is 5.82 Å². The van der Waals surface area contributed by atoms with Crippen LogP contribution >= 0.6 is 0 Å². The Balaban J connectivity index is 1.32. The molecule has 0 unspecified atom stereocenters. The van der Waals surface area contributed by atoms with Crippen LogP contribution in [-0.4, -0.2) is 64.2 Å². The van der Waals surface area contributed by atoms with Crippen molar-refractivity contribution in [3.63, 3.8) is 0 Å². The van der Waals surface area contributed by atoms with Crippen LogP contribution in [0.25, 0.3) is 0 Å². The average Bonchev–Trinajstić information content (AvgIpc) is 3.27. The van der Waals surface area contributed by atoms with E-state index in [9.17, 15) is 5.26 Å². The minimum atomic E-state index is 0.464. The van der Waals surface area contributed by atoms with Crippen LogP contribution in [0.1, 0.15) is 80.3 Å². The lowest BCUT2D eigenvalue weighted by atomic mass is 9.87. The second kappa shape index (κ2) is 10.1. The van der Waals surface area contributed by atoms with Gasteiger partial charge in [0.2, 0.25) is 0 Å². The number of rotatable bonds is 7. The lowest BCUT2D eigenvalue weighted by Gasteiger charge is -2.34. The quantitative estimate of drug-likeness (QED) is 0.691. The van der Waals surface area contributed by atoms with Crippen LogP contribution in [0, 0.1) is 11.3 Å². The molecule has 33 heavy (non-hydrogen) atoms. The van der Waals surface area contributed by atoms with Crippen molar-refractivity contribution < 1.29 is 0 Å². The molecular weight excluding hydrogens is 412 g/mol. The van der Waals surface area contributed by atoms with E-state index >= 15 is 0 Å². The van der Waals surface area contributed by atoms with Gasteiger partial charge in [0.1, 0.15) is 29.6 Å². The van der Waals surface area contributed by atoms with Crippen LogP contribution in [0.2, 0.25) is 0 Å². The monoisotopic (exact) mass is 448 g/mol. The minimum Gasteiger partial charge on any atom is -0.372 e. The highest BCUT2D eigenvalue weighted by molar-refractivity contribution is 5.65. The van der Waals surface area contributed by atoms with Crippen LogP contribution in [0.5, 0.6) is 0 Å². The first-order valence-electron chi connectivity index (χ1n) is 12.7. The molecular formula is C25H36N8. The summed E-state index contributed by atoms with van der Waals surface area (Å²) in [5.41, 5.74) is 1.87. The second-order valence-electron chi connectivity index (χ2n) is 9.79. The molecule has 8 heteroatoms. The Morgan fingerprint density at radius 2 is 1.76 bits per heavy atom. The van der Waals surface area contributed by atoms with Gasteiger partial charge in [-0.15, -0.1) is 0 Å². The fourth-order valence-corrected chi connectivity index (χ4v) is 5.66. The maximum atomic E-state index is 9.67. The van der Waals surface area contributed by atoms with Crippen LogP contribution in [0.15, 0.2) is 12.5 Å². The lowest BCUT2D eigenvalue weighted by molar-refractivity contribution is 0.173. The van der Waals surface area contributed by atoms with E-state index in [2.05, 4.69) is 41.9 Å². The molecule has 0 aromatic carbocycles. The Kier molecular flexibility index (Phi) is 6.77. The van der Waals surface area contributed by atoms with Gasteiger partial charge in [0.25, 0.3) is 0 Å². The van der Waals surface area contributed by atoms with Gasteiger partial charge in [-0.1, -0.05) is 19.3 Å². The zero-order valence-corrected chi connectivity index (χ0v) is 19.8. The van der Waals surface area contributed by atoms with Crippen LogP contribution in [0.4, 0.5) is 11.6 Å². The van der Waals surface area contributed by atoms with Gasteiger partial charge in [-0.2, -0.15) is 5.26 Å². The number of piperidine rings is 1. The summed E-state index contributed by atoms with van der Waals surface area (Å²) in [6.45, 7) is 6.44. The summed E-state index contributed by atoms with van der Waals surface area (Å²) in [5.74, 6) is 3.74. The molecule has 2 aliphatic heterocycles. The Bertz CT molecular complexity index is 975. The molecule has 3 aliphatic rings. The Hall–Kier alpha value is -2.66. The smallest absolute Gasteiger partial charge is 0.152 e. The third-order valence-corrected chi connectivity index (χ3v) is 7.79. The first-order valence-corrected chi connectivity index (χ1v) is 12.7. The normalized spacial score (nSPS) is 20.4. The Morgan fingerprint density at radius 3 is 2.42 bits per heavy atom. The van der Waals surface area contributed by atoms with E-state index in [1.807, 2.05) is 0 Å². The summed E-state index contributed by atoms with van der Waals surface area (Å²) in [7, 11) is 1.79. The zero-order valence-electron chi connectivity index (χ0n) is 19.8. The van der Waals surface area contributed by atoms with Crippen molar-refractivity contribution in [3.8, 4) is 6.07 Å². The average molecular weight is 449 g/mol. The molecule has 0 amide bonds. The molecule has 4 heterocycles. The Morgan fingerprint density at radius 1 is 0.970 bits per heavy atom. The molecule has 0 spiro atoms. The number of likely N-dealkylation sites (tertiary alicyclic amines) is 1. The molecule has 0 radical (unpaired) electrons. The van der Waals surface area contributed by atoms with E-state index in [0.717, 1.165) is 44.8 Å². The lowest BCUT2D eigenvalue weighted by Crippen LogP contribution is -2.39. The van der Waals surface area contributed by atoms with E-state index in [0.29, 0.717) is 23.2 Å². The van der Waals surface area contributed by atoms with Gasteiger partial charge < -0.3 is 19.7 Å². The SMILES string of the molecule is CNc1ncnc(N2CCC(c3nc(C4CCCCC4)cn3CCN3CCC3)CC2)c1C#N. The summed E-state index contributed by atoms with van der Waals surface area (Å²) in [6.07, 6.45) is 14.0. The van der Waals surface area contributed by atoms with Crippen molar-refractivity contribution in [1.29, 1.82) is 5.26 Å². The predicted octanol–water partition coefficient (Wildman–Crippen LogP) is 3.72. The van der Waals surface area contributed by atoms with Crippen molar-refractivity contribution in [2.75, 3.05) is 50.0 Å². The fraction of sp³-hybridized carbons (Fsp3) is 0.680. The highest BCUT2D eigenvalue weighted by Crippen LogP contribution is 2.36. The number of nitrogens with one attached hydrogen (secondary N) is 1. The highest BCUT2D eigenvalue weighted by atomic mass is 15.2. The molecule has 3 fully saturated rings. The third-order valence-electron chi connectivity index (χ3n) is 7.79. The molecule has 1 saturated carbocycles. The molecule has 1 N–H and O–H groups in total. The van der Waals surface area contributed by atoms with Gasteiger partial charge >= 0.3 is 0 Å². The van der Waals surface area contributed by atoms with E-state index in [1.54, 1.807) is 13.4 Å². The van der Waals surface area contributed by atoms with Crippen LogP contribution in [0.3, 0.4) is 0 Å². The summed E-state index contributed by atoms with van der Waals surface area (Å²) < 4.78 is 2.48. The standard InChI is InChI=1S/C25H36N8/c1-27-23-21(16-26)25(29-18-28-23)32-12-8-20(9-13-32)24-30-22(19-6-3-2-4-7-19)17-33(24)15-14-31-10-5-11-31/h17-20H,2-15H2,1H3,(H,27,28,29). The van der Waals surface area contributed by atoms with Crippen molar-refractivity contribution >= 4 is 11.6 Å². The fourth-order valence-electron chi connectivity index (χ4n) is 5.66. The molecule has 2 saturated heterocycles. The van der Waals surface area contributed by atoms with Crippen molar-refractivity contribution in [2.24, 2.45) is 0 Å². The number of hydrogen-bond acceptors (Lipinski definition) is 7. The summed E-state index contributed by atoms with van der Waals surface area (Å²) in [4.78, 5) is 18.7. The highest BCUT2D eigenvalue weighted by Gasteiger charge is 2.29. The number of imidazole rings is 1. The van der Waals surface area contributed by atoms with Crippen molar-refractivity contribution in [3.05, 3.63) is 29.6 Å². The molecule has 0 bridgehead atoms.